The Hall–Kier alpha value is -2.43. The van der Waals surface area contributed by atoms with Crippen LogP contribution in [0.2, 0.25) is 0 Å². The van der Waals surface area contributed by atoms with E-state index in [0.717, 1.165) is 4.88 Å². The van der Waals surface area contributed by atoms with Crippen LogP contribution >= 0.6 is 11.3 Å². The van der Waals surface area contributed by atoms with Gasteiger partial charge in [-0.2, -0.15) is 0 Å². The molecule has 2 aromatic heterocycles. The molecule has 2 heterocycles. The highest BCUT2D eigenvalue weighted by Crippen LogP contribution is 2.20. The van der Waals surface area contributed by atoms with Crippen LogP contribution in [0.4, 0.5) is 0 Å². The number of hydrogen-bond acceptors (Lipinski definition) is 6. The average molecular weight is 409 g/mol. The minimum Gasteiger partial charge on any atom is -0.494 e. The second-order valence-corrected chi connectivity index (χ2v) is 8.38. The molecule has 0 saturated heterocycles. The van der Waals surface area contributed by atoms with Crippen molar-refractivity contribution in [1.29, 1.82) is 0 Å². The monoisotopic (exact) mass is 408 g/mol. The van der Waals surface area contributed by atoms with Crippen molar-refractivity contribution in [3.8, 4) is 16.5 Å². The summed E-state index contributed by atoms with van der Waals surface area (Å²) in [5.74, 6) is 1.17. The molecule has 0 spiro atoms. The van der Waals surface area contributed by atoms with Gasteiger partial charge in [-0.1, -0.05) is 6.07 Å². The third kappa shape index (κ3) is 4.29. The highest BCUT2D eigenvalue weighted by atomic mass is 32.2. The van der Waals surface area contributed by atoms with Crippen molar-refractivity contribution in [2.24, 2.45) is 7.05 Å². The summed E-state index contributed by atoms with van der Waals surface area (Å²) in [6, 6.07) is 9.94. The van der Waals surface area contributed by atoms with E-state index in [4.69, 9.17) is 4.74 Å². The topological polar surface area (TPSA) is 95.2 Å². The number of thiophene rings is 1. The van der Waals surface area contributed by atoms with Gasteiger partial charge in [-0.3, -0.25) is 4.57 Å². The summed E-state index contributed by atoms with van der Waals surface area (Å²) < 4.78 is 35.3. The van der Waals surface area contributed by atoms with Crippen molar-refractivity contribution in [3.63, 3.8) is 0 Å². The zero-order chi connectivity index (χ0) is 19.4. The molecule has 0 aliphatic carbocycles. The van der Waals surface area contributed by atoms with E-state index in [1.807, 2.05) is 24.4 Å². The molecule has 8 nitrogen and oxygen atoms in total. The molecule has 3 aromatic rings. The molecule has 1 N–H and O–H groups in total. The van der Waals surface area contributed by atoms with E-state index >= 15 is 0 Å². The Balaban J connectivity index is 1.67. The SMILES string of the molecule is CCOc1ccc(S(=O)(=O)NCCn2nc(-c3cccs3)n(C)c2=O)cc1. The molecular weight excluding hydrogens is 388 g/mol. The third-order valence-corrected chi connectivity index (χ3v) is 6.19. The zero-order valence-electron chi connectivity index (χ0n) is 15.0. The van der Waals surface area contributed by atoms with Crippen molar-refractivity contribution in [2.45, 2.75) is 18.4 Å². The first-order valence-corrected chi connectivity index (χ1v) is 10.7. The smallest absolute Gasteiger partial charge is 0.345 e. The first kappa shape index (κ1) is 19.3. The van der Waals surface area contributed by atoms with E-state index < -0.39 is 10.0 Å². The van der Waals surface area contributed by atoms with Crippen LogP contribution in [-0.4, -0.2) is 35.9 Å². The number of sulfonamides is 1. The van der Waals surface area contributed by atoms with E-state index in [0.29, 0.717) is 18.2 Å². The van der Waals surface area contributed by atoms with Gasteiger partial charge in [0.1, 0.15) is 5.75 Å². The van der Waals surface area contributed by atoms with Gasteiger partial charge in [0.05, 0.1) is 22.9 Å². The molecule has 0 unspecified atom stereocenters. The van der Waals surface area contributed by atoms with Crippen LogP contribution < -0.4 is 15.1 Å². The molecule has 0 aliphatic rings. The lowest BCUT2D eigenvalue weighted by Crippen LogP contribution is -2.31. The fourth-order valence-electron chi connectivity index (χ4n) is 2.50. The lowest BCUT2D eigenvalue weighted by atomic mass is 10.3. The molecule has 0 atom stereocenters. The average Bonchev–Trinajstić information content (AvgIpc) is 3.26. The number of rotatable bonds is 8. The summed E-state index contributed by atoms with van der Waals surface area (Å²) in [4.78, 5) is 13.3. The summed E-state index contributed by atoms with van der Waals surface area (Å²) in [5, 5.41) is 6.21. The summed E-state index contributed by atoms with van der Waals surface area (Å²) in [7, 11) is -2.03. The quantitative estimate of drug-likeness (QED) is 0.612. The largest absolute Gasteiger partial charge is 0.494 e. The number of nitrogens with zero attached hydrogens (tertiary/aromatic N) is 3. The van der Waals surface area contributed by atoms with Crippen LogP contribution in [0, 0.1) is 0 Å². The van der Waals surface area contributed by atoms with Gasteiger partial charge in [-0.25, -0.2) is 22.6 Å². The summed E-state index contributed by atoms with van der Waals surface area (Å²) in [6.07, 6.45) is 0. The van der Waals surface area contributed by atoms with Gasteiger partial charge in [0.15, 0.2) is 5.82 Å². The van der Waals surface area contributed by atoms with Crippen molar-refractivity contribution in [1.82, 2.24) is 19.1 Å². The van der Waals surface area contributed by atoms with Crippen LogP contribution in [0.3, 0.4) is 0 Å². The van der Waals surface area contributed by atoms with Crippen LogP contribution in [0.25, 0.3) is 10.7 Å². The molecule has 0 aliphatic heterocycles. The molecule has 0 fully saturated rings. The van der Waals surface area contributed by atoms with Crippen LogP contribution in [-0.2, 0) is 23.6 Å². The van der Waals surface area contributed by atoms with Gasteiger partial charge in [0, 0.05) is 13.6 Å². The molecular formula is C17H20N4O4S2. The number of hydrogen-bond donors (Lipinski definition) is 1. The van der Waals surface area contributed by atoms with Gasteiger partial charge in [-0.15, -0.1) is 16.4 Å². The summed E-state index contributed by atoms with van der Waals surface area (Å²) in [6.45, 7) is 2.55. The first-order chi connectivity index (χ1) is 12.9. The molecule has 0 saturated carbocycles. The number of benzene rings is 1. The van der Waals surface area contributed by atoms with E-state index in [1.165, 1.54) is 32.7 Å². The number of ether oxygens (including phenoxy) is 1. The predicted molar refractivity (Wildman–Crippen MR) is 104 cm³/mol. The van der Waals surface area contributed by atoms with E-state index in [-0.39, 0.29) is 23.7 Å². The normalized spacial score (nSPS) is 11.6. The van der Waals surface area contributed by atoms with Crippen molar-refractivity contribution in [3.05, 3.63) is 52.3 Å². The maximum absolute atomic E-state index is 12.4. The predicted octanol–water partition coefficient (Wildman–Crippen LogP) is 1.69. The lowest BCUT2D eigenvalue weighted by molar-refractivity contribution is 0.340. The Morgan fingerprint density at radius 3 is 2.59 bits per heavy atom. The minimum atomic E-state index is -3.67. The molecule has 0 bridgehead atoms. The van der Waals surface area contributed by atoms with Crippen LogP contribution in [0.5, 0.6) is 5.75 Å². The van der Waals surface area contributed by atoms with Crippen LogP contribution in [0.15, 0.2) is 51.5 Å². The van der Waals surface area contributed by atoms with Gasteiger partial charge in [0.2, 0.25) is 10.0 Å². The van der Waals surface area contributed by atoms with Crippen molar-refractivity contribution >= 4 is 21.4 Å². The molecule has 1 aromatic carbocycles. The molecule has 10 heteroatoms. The Morgan fingerprint density at radius 1 is 1.22 bits per heavy atom. The fourth-order valence-corrected chi connectivity index (χ4v) is 4.27. The van der Waals surface area contributed by atoms with Crippen LogP contribution in [0.1, 0.15) is 6.92 Å². The lowest BCUT2D eigenvalue weighted by Gasteiger charge is -2.08. The van der Waals surface area contributed by atoms with Gasteiger partial charge >= 0.3 is 5.69 Å². The molecule has 0 radical (unpaired) electrons. The van der Waals surface area contributed by atoms with Gasteiger partial charge in [-0.05, 0) is 42.6 Å². The molecule has 0 amide bonds. The maximum atomic E-state index is 12.4. The summed E-state index contributed by atoms with van der Waals surface area (Å²) >= 11 is 1.48. The minimum absolute atomic E-state index is 0.0519. The second kappa shape index (κ2) is 8.07. The van der Waals surface area contributed by atoms with E-state index in [9.17, 15) is 13.2 Å². The zero-order valence-corrected chi connectivity index (χ0v) is 16.6. The second-order valence-electron chi connectivity index (χ2n) is 5.67. The fraction of sp³-hybridized carbons (Fsp3) is 0.294. The molecule has 27 heavy (non-hydrogen) atoms. The highest BCUT2D eigenvalue weighted by Gasteiger charge is 2.16. The standard InChI is InChI=1S/C17H20N4O4S2/c1-3-25-13-6-8-14(9-7-13)27(23,24)18-10-11-21-17(22)20(2)16(19-21)15-5-4-12-26-15/h4-9,12,18H,3,10-11H2,1-2H3. The number of aromatic nitrogens is 3. The van der Waals surface area contributed by atoms with Gasteiger partial charge < -0.3 is 4.74 Å². The number of nitrogens with one attached hydrogen (secondary N) is 1. The Labute approximate surface area is 161 Å². The Kier molecular flexibility index (Phi) is 5.78. The Morgan fingerprint density at radius 2 is 1.96 bits per heavy atom. The highest BCUT2D eigenvalue weighted by molar-refractivity contribution is 7.89. The van der Waals surface area contributed by atoms with E-state index in [1.54, 1.807) is 19.2 Å². The Bertz CT molecular complexity index is 1050. The molecule has 3 rings (SSSR count). The summed E-state index contributed by atoms with van der Waals surface area (Å²) in [5.41, 5.74) is -0.293. The van der Waals surface area contributed by atoms with Gasteiger partial charge in [0.25, 0.3) is 0 Å². The maximum Gasteiger partial charge on any atom is 0.345 e. The molecule has 144 valence electrons. The first-order valence-electron chi connectivity index (χ1n) is 8.32. The van der Waals surface area contributed by atoms with Crippen molar-refractivity contribution < 1.29 is 13.2 Å². The van der Waals surface area contributed by atoms with Crippen molar-refractivity contribution in [2.75, 3.05) is 13.2 Å². The third-order valence-electron chi connectivity index (χ3n) is 3.84. The van der Waals surface area contributed by atoms with E-state index in [2.05, 4.69) is 9.82 Å².